The topological polar surface area (TPSA) is 67.6 Å². The van der Waals surface area contributed by atoms with Crippen molar-refractivity contribution < 1.29 is 9.53 Å². The molecule has 0 unspecified atom stereocenters. The van der Waals surface area contributed by atoms with Gasteiger partial charge >= 0.3 is 0 Å². The van der Waals surface area contributed by atoms with Crippen molar-refractivity contribution in [1.29, 1.82) is 0 Å². The van der Waals surface area contributed by atoms with Gasteiger partial charge in [-0.1, -0.05) is 0 Å². The summed E-state index contributed by atoms with van der Waals surface area (Å²) in [4.78, 5) is 13.0. The van der Waals surface area contributed by atoms with Crippen molar-refractivity contribution >= 4 is 17.3 Å². The molecule has 0 bridgehead atoms. The van der Waals surface area contributed by atoms with Crippen molar-refractivity contribution in [2.75, 3.05) is 38.4 Å². The number of nitrogen functional groups attached to an aromatic ring is 1. The fourth-order valence-electron chi connectivity index (χ4n) is 1.14. The first-order valence-corrected chi connectivity index (χ1v) is 4.95. The van der Waals surface area contributed by atoms with E-state index >= 15 is 0 Å². The van der Waals surface area contributed by atoms with Crippen LogP contribution in [0.2, 0.25) is 0 Å². The molecule has 0 radical (unpaired) electrons. The van der Waals surface area contributed by atoms with E-state index in [0.29, 0.717) is 11.4 Å². The van der Waals surface area contributed by atoms with Gasteiger partial charge in [0, 0.05) is 32.9 Å². The molecule has 0 saturated heterocycles. The molecule has 0 aromatic heterocycles. The summed E-state index contributed by atoms with van der Waals surface area (Å²) in [6.45, 7) is -0.0302. The largest absolute Gasteiger partial charge is 0.482 e. The molecule has 0 aliphatic rings. The van der Waals surface area contributed by atoms with Gasteiger partial charge in [0.25, 0.3) is 5.91 Å². The zero-order valence-corrected chi connectivity index (χ0v) is 9.78. The lowest BCUT2D eigenvalue weighted by Gasteiger charge is -2.15. The molecule has 3 N–H and O–H groups in total. The SMILES string of the molecule is CNC(=O)COc1cc(N(C)C)ccc1N. The molecule has 88 valence electrons. The highest BCUT2D eigenvalue weighted by Crippen LogP contribution is 2.26. The van der Waals surface area contributed by atoms with Gasteiger partial charge < -0.3 is 20.7 Å². The van der Waals surface area contributed by atoms with Gasteiger partial charge in [0.15, 0.2) is 6.61 Å². The van der Waals surface area contributed by atoms with E-state index in [0.717, 1.165) is 5.69 Å². The Balaban J connectivity index is 2.78. The fraction of sp³-hybridized carbons (Fsp3) is 0.364. The maximum Gasteiger partial charge on any atom is 0.257 e. The Bertz CT molecular complexity index is 377. The second-order valence-electron chi connectivity index (χ2n) is 3.58. The third-order valence-corrected chi connectivity index (χ3v) is 2.15. The van der Waals surface area contributed by atoms with Crippen molar-refractivity contribution in [3.8, 4) is 5.75 Å². The molecule has 1 aromatic rings. The van der Waals surface area contributed by atoms with Crippen LogP contribution in [0.25, 0.3) is 0 Å². The van der Waals surface area contributed by atoms with Gasteiger partial charge in [0.1, 0.15) is 5.75 Å². The quantitative estimate of drug-likeness (QED) is 0.728. The van der Waals surface area contributed by atoms with Crippen LogP contribution in [0.3, 0.4) is 0 Å². The van der Waals surface area contributed by atoms with Gasteiger partial charge in [-0.3, -0.25) is 4.79 Å². The van der Waals surface area contributed by atoms with E-state index < -0.39 is 0 Å². The van der Waals surface area contributed by atoms with Crippen LogP contribution in [-0.4, -0.2) is 33.7 Å². The van der Waals surface area contributed by atoms with Crippen LogP contribution in [0.4, 0.5) is 11.4 Å². The number of likely N-dealkylation sites (N-methyl/N-ethyl adjacent to an activating group) is 1. The second kappa shape index (κ2) is 5.25. The molecule has 1 rings (SSSR count). The minimum Gasteiger partial charge on any atom is -0.482 e. The van der Waals surface area contributed by atoms with Crippen LogP contribution in [0, 0.1) is 0 Å². The third kappa shape index (κ3) is 3.05. The van der Waals surface area contributed by atoms with Gasteiger partial charge in [0.05, 0.1) is 5.69 Å². The van der Waals surface area contributed by atoms with E-state index in [4.69, 9.17) is 10.5 Å². The number of ether oxygens (including phenoxy) is 1. The molecular weight excluding hydrogens is 206 g/mol. The van der Waals surface area contributed by atoms with Crippen LogP contribution in [-0.2, 0) is 4.79 Å². The van der Waals surface area contributed by atoms with E-state index in [2.05, 4.69) is 5.32 Å². The van der Waals surface area contributed by atoms with E-state index in [1.165, 1.54) is 0 Å². The molecule has 0 fully saturated rings. The van der Waals surface area contributed by atoms with E-state index in [1.807, 2.05) is 25.1 Å². The summed E-state index contributed by atoms with van der Waals surface area (Å²) in [6, 6.07) is 5.45. The summed E-state index contributed by atoms with van der Waals surface area (Å²) in [7, 11) is 5.41. The number of amides is 1. The maximum absolute atomic E-state index is 11.0. The van der Waals surface area contributed by atoms with Crippen molar-refractivity contribution in [3.05, 3.63) is 18.2 Å². The van der Waals surface area contributed by atoms with Crippen molar-refractivity contribution in [3.63, 3.8) is 0 Å². The van der Waals surface area contributed by atoms with Gasteiger partial charge in [-0.15, -0.1) is 0 Å². The highest BCUT2D eigenvalue weighted by molar-refractivity contribution is 5.77. The number of carbonyl (C=O) groups excluding carboxylic acids is 1. The summed E-state index contributed by atoms with van der Waals surface area (Å²) in [5.74, 6) is 0.337. The van der Waals surface area contributed by atoms with Gasteiger partial charge in [-0.2, -0.15) is 0 Å². The van der Waals surface area contributed by atoms with Crippen LogP contribution in [0.5, 0.6) is 5.75 Å². The molecule has 1 aromatic carbocycles. The Hall–Kier alpha value is -1.91. The summed E-state index contributed by atoms with van der Waals surface area (Å²) >= 11 is 0. The molecular formula is C11H17N3O2. The molecule has 16 heavy (non-hydrogen) atoms. The molecule has 0 heterocycles. The summed E-state index contributed by atoms with van der Waals surface area (Å²) in [5.41, 5.74) is 7.24. The molecule has 5 nitrogen and oxygen atoms in total. The zero-order valence-electron chi connectivity index (χ0n) is 9.78. The van der Waals surface area contributed by atoms with E-state index in [1.54, 1.807) is 19.2 Å². The van der Waals surface area contributed by atoms with Crippen LogP contribution in [0.15, 0.2) is 18.2 Å². The Morgan fingerprint density at radius 2 is 2.19 bits per heavy atom. The Kier molecular flexibility index (Phi) is 3.99. The highest BCUT2D eigenvalue weighted by atomic mass is 16.5. The molecule has 5 heteroatoms. The van der Waals surface area contributed by atoms with Gasteiger partial charge in [-0.05, 0) is 12.1 Å². The predicted molar refractivity (Wildman–Crippen MR) is 64.7 cm³/mol. The lowest BCUT2D eigenvalue weighted by atomic mass is 10.2. The first kappa shape index (κ1) is 12.2. The fourth-order valence-corrected chi connectivity index (χ4v) is 1.14. The van der Waals surface area contributed by atoms with Crippen LogP contribution >= 0.6 is 0 Å². The molecule has 0 atom stereocenters. The number of anilines is 2. The lowest BCUT2D eigenvalue weighted by molar-refractivity contribution is -0.122. The number of rotatable bonds is 4. The summed E-state index contributed by atoms with van der Waals surface area (Å²) < 4.78 is 5.32. The molecule has 0 aliphatic heterocycles. The smallest absolute Gasteiger partial charge is 0.257 e. The average molecular weight is 223 g/mol. The molecule has 1 amide bonds. The lowest BCUT2D eigenvalue weighted by Crippen LogP contribution is -2.25. The first-order chi connectivity index (χ1) is 7.54. The van der Waals surface area contributed by atoms with Gasteiger partial charge in [-0.25, -0.2) is 0 Å². The Morgan fingerprint density at radius 1 is 1.50 bits per heavy atom. The summed E-state index contributed by atoms with van der Waals surface area (Å²) in [5, 5.41) is 2.48. The van der Waals surface area contributed by atoms with Crippen molar-refractivity contribution in [1.82, 2.24) is 5.32 Å². The Morgan fingerprint density at radius 3 is 2.75 bits per heavy atom. The monoisotopic (exact) mass is 223 g/mol. The maximum atomic E-state index is 11.0. The van der Waals surface area contributed by atoms with Crippen molar-refractivity contribution in [2.45, 2.75) is 0 Å². The number of hydrogen-bond acceptors (Lipinski definition) is 4. The minimum absolute atomic E-state index is 0.0302. The zero-order chi connectivity index (χ0) is 12.1. The number of nitrogens with zero attached hydrogens (tertiary/aromatic N) is 1. The molecule has 0 saturated carbocycles. The third-order valence-electron chi connectivity index (χ3n) is 2.15. The second-order valence-corrected chi connectivity index (χ2v) is 3.58. The number of nitrogens with two attached hydrogens (primary N) is 1. The molecule has 0 spiro atoms. The standard InChI is InChI=1S/C11H17N3O2/c1-13-11(15)7-16-10-6-8(14(2)3)4-5-9(10)12/h4-6H,7,12H2,1-3H3,(H,13,15). The highest BCUT2D eigenvalue weighted by Gasteiger charge is 2.05. The Labute approximate surface area is 95.2 Å². The average Bonchev–Trinajstić information content (AvgIpc) is 2.27. The number of nitrogens with one attached hydrogen (secondary N) is 1. The van der Waals surface area contributed by atoms with Crippen LogP contribution < -0.4 is 20.7 Å². The van der Waals surface area contributed by atoms with Gasteiger partial charge in [0.2, 0.25) is 0 Å². The minimum atomic E-state index is -0.186. The number of carbonyl (C=O) groups is 1. The van der Waals surface area contributed by atoms with Crippen LogP contribution in [0.1, 0.15) is 0 Å². The molecule has 0 aliphatic carbocycles. The summed E-state index contributed by atoms with van der Waals surface area (Å²) in [6.07, 6.45) is 0. The number of hydrogen-bond donors (Lipinski definition) is 2. The number of benzene rings is 1. The predicted octanol–water partition coefficient (Wildman–Crippen LogP) is 0.460. The van der Waals surface area contributed by atoms with E-state index in [-0.39, 0.29) is 12.5 Å². The van der Waals surface area contributed by atoms with Crippen molar-refractivity contribution in [2.24, 2.45) is 0 Å². The normalized spacial score (nSPS) is 9.69. The first-order valence-electron chi connectivity index (χ1n) is 4.95. The van der Waals surface area contributed by atoms with E-state index in [9.17, 15) is 4.79 Å².